The number of nitrogen functional groups attached to an aromatic ring is 1. The number of carbonyl (C=O) groups excluding carboxylic acids is 1. The fourth-order valence-electron chi connectivity index (χ4n) is 1.85. The standard InChI is InChI=1S/C13H21N3O3S/c1-5-15-11(17)8-16(4)20(18,19)13-10(3)7-6-9(2)12(13)14/h6-7H,5,8,14H2,1-4H3,(H,15,17). The molecule has 0 aliphatic carbocycles. The summed E-state index contributed by atoms with van der Waals surface area (Å²) in [6.07, 6.45) is 0. The molecule has 0 atom stereocenters. The third-order valence-electron chi connectivity index (χ3n) is 3.02. The molecule has 6 nitrogen and oxygen atoms in total. The van der Waals surface area contributed by atoms with Crippen LogP contribution in [0, 0.1) is 13.8 Å². The van der Waals surface area contributed by atoms with Crippen molar-refractivity contribution < 1.29 is 13.2 Å². The average Bonchev–Trinajstić information content (AvgIpc) is 2.34. The Bertz CT molecular complexity index is 612. The second kappa shape index (κ2) is 6.23. The Morgan fingerprint density at radius 3 is 2.40 bits per heavy atom. The van der Waals surface area contributed by atoms with Crippen molar-refractivity contribution in [3.8, 4) is 0 Å². The quantitative estimate of drug-likeness (QED) is 0.780. The number of nitrogens with one attached hydrogen (secondary N) is 1. The van der Waals surface area contributed by atoms with Crippen molar-refractivity contribution in [2.45, 2.75) is 25.7 Å². The molecule has 0 saturated carbocycles. The summed E-state index contributed by atoms with van der Waals surface area (Å²) in [6, 6.07) is 3.48. The highest BCUT2D eigenvalue weighted by atomic mass is 32.2. The zero-order valence-corrected chi connectivity index (χ0v) is 13.0. The maximum atomic E-state index is 12.5. The van der Waals surface area contributed by atoms with E-state index >= 15 is 0 Å². The van der Waals surface area contributed by atoms with Crippen molar-refractivity contribution in [2.24, 2.45) is 0 Å². The average molecular weight is 299 g/mol. The molecule has 112 valence electrons. The van der Waals surface area contributed by atoms with E-state index in [9.17, 15) is 13.2 Å². The van der Waals surface area contributed by atoms with Gasteiger partial charge in [0.1, 0.15) is 4.90 Å². The van der Waals surface area contributed by atoms with Gasteiger partial charge in [-0.05, 0) is 31.9 Å². The molecule has 0 aliphatic rings. The highest BCUT2D eigenvalue weighted by molar-refractivity contribution is 7.89. The van der Waals surface area contributed by atoms with E-state index in [1.54, 1.807) is 32.9 Å². The number of rotatable bonds is 5. The van der Waals surface area contributed by atoms with E-state index < -0.39 is 10.0 Å². The van der Waals surface area contributed by atoms with Gasteiger partial charge in [0, 0.05) is 13.6 Å². The van der Waals surface area contributed by atoms with Crippen molar-refractivity contribution in [1.29, 1.82) is 0 Å². The van der Waals surface area contributed by atoms with Crippen molar-refractivity contribution in [3.63, 3.8) is 0 Å². The number of hydrogen-bond acceptors (Lipinski definition) is 4. The molecular weight excluding hydrogens is 278 g/mol. The van der Waals surface area contributed by atoms with Crippen LogP contribution in [0.4, 0.5) is 5.69 Å². The van der Waals surface area contributed by atoms with Gasteiger partial charge in [0.15, 0.2) is 0 Å². The SMILES string of the molecule is CCNC(=O)CN(C)S(=O)(=O)c1c(C)ccc(C)c1N. The number of likely N-dealkylation sites (N-methyl/N-ethyl adjacent to an activating group) is 2. The third-order valence-corrected chi connectivity index (χ3v) is 5.03. The van der Waals surface area contributed by atoms with E-state index in [0.717, 1.165) is 4.31 Å². The number of hydrogen-bond donors (Lipinski definition) is 2. The molecule has 1 amide bonds. The normalized spacial score (nSPS) is 11.7. The lowest BCUT2D eigenvalue weighted by Crippen LogP contribution is -2.38. The molecule has 1 rings (SSSR count). The summed E-state index contributed by atoms with van der Waals surface area (Å²) in [5.41, 5.74) is 7.38. The topological polar surface area (TPSA) is 92.5 Å². The summed E-state index contributed by atoms with van der Waals surface area (Å²) < 4.78 is 26.1. The smallest absolute Gasteiger partial charge is 0.245 e. The fraction of sp³-hybridized carbons (Fsp3) is 0.462. The zero-order valence-electron chi connectivity index (χ0n) is 12.2. The highest BCUT2D eigenvalue weighted by Crippen LogP contribution is 2.28. The highest BCUT2D eigenvalue weighted by Gasteiger charge is 2.27. The number of carbonyl (C=O) groups is 1. The first-order valence-electron chi connectivity index (χ1n) is 6.30. The van der Waals surface area contributed by atoms with Crippen LogP contribution in [0.3, 0.4) is 0 Å². The first-order valence-corrected chi connectivity index (χ1v) is 7.74. The van der Waals surface area contributed by atoms with Gasteiger partial charge in [-0.3, -0.25) is 4.79 Å². The summed E-state index contributed by atoms with van der Waals surface area (Å²) in [4.78, 5) is 11.6. The van der Waals surface area contributed by atoms with E-state index in [4.69, 9.17) is 5.73 Å². The molecule has 1 aromatic carbocycles. The Balaban J connectivity index is 3.17. The first kappa shape index (κ1) is 16.5. The molecule has 1 aromatic rings. The van der Waals surface area contributed by atoms with Gasteiger partial charge < -0.3 is 11.1 Å². The van der Waals surface area contributed by atoms with Crippen LogP contribution in [0.1, 0.15) is 18.1 Å². The predicted octanol–water partition coefficient (Wildman–Crippen LogP) is 0.642. The van der Waals surface area contributed by atoms with Crippen molar-refractivity contribution >= 4 is 21.6 Å². The number of sulfonamides is 1. The zero-order chi connectivity index (χ0) is 15.5. The Morgan fingerprint density at radius 1 is 1.30 bits per heavy atom. The van der Waals surface area contributed by atoms with Crippen LogP contribution in [0.5, 0.6) is 0 Å². The van der Waals surface area contributed by atoms with Gasteiger partial charge in [0.05, 0.1) is 12.2 Å². The maximum absolute atomic E-state index is 12.5. The number of nitrogens with zero attached hydrogens (tertiary/aromatic N) is 1. The van der Waals surface area contributed by atoms with E-state index in [2.05, 4.69) is 5.32 Å². The van der Waals surface area contributed by atoms with Crippen LogP contribution in [0.15, 0.2) is 17.0 Å². The maximum Gasteiger partial charge on any atom is 0.245 e. The molecule has 0 spiro atoms. The van der Waals surface area contributed by atoms with Crippen molar-refractivity contribution in [2.75, 3.05) is 25.9 Å². The lowest BCUT2D eigenvalue weighted by molar-refractivity contribution is -0.121. The van der Waals surface area contributed by atoms with Gasteiger partial charge in [0.25, 0.3) is 0 Å². The Labute approximate surface area is 120 Å². The van der Waals surface area contributed by atoms with E-state index in [1.165, 1.54) is 7.05 Å². The largest absolute Gasteiger partial charge is 0.397 e. The number of nitrogens with two attached hydrogens (primary N) is 1. The summed E-state index contributed by atoms with van der Waals surface area (Å²) in [5, 5.41) is 2.56. The lowest BCUT2D eigenvalue weighted by atomic mass is 10.1. The van der Waals surface area contributed by atoms with Gasteiger partial charge in [-0.1, -0.05) is 12.1 Å². The molecular formula is C13H21N3O3S. The van der Waals surface area contributed by atoms with Gasteiger partial charge >= 0.3 is 0 Å². The minimum absolute atomic E-state index is 0.0734. The van der Waals surface area contributed by atoms with Crippen molar-refractivity contribution in [3.05, 3.63) is 23.3 Å². The molecule has 0 aliphatic heterocycles. The Morgan fingerprint density at radius 2 is 1.85 bits per heavy atom. The minimum Gasteiger partial charge on any atom is -0.397 e. The number of aryl methyl sites for hydroxylation is 2. The van der Waals surface area contributed by atoms with E-state index in [0.29, 0.717) is 17.7 Å². The van der Waals surface area contributed by atoms with Crippen LogP contribution in [0.25, 0.3) is 0 Å². The summed E-state index contributed by atoms with van der Waals surface area (Å²) in [7, 11) is -2.42. The molecule has 0 aromatic heterocycles. The van der Waals surface area contributed by atoms with E-state index in [-0.39, 0.29) is 23.0 Å². The van der Waals surface area contributed by atoms with Gasteiger partial charge in [-0.15, -0.1) is 0 Å². The summed E-state index contributed by atoms with van der Waals surface area (Å²) in [5.74, 6) is -0.345. The van der Waals surface area contributed by atoms with Gasteiger partial charge in [-0.2, -0.15) is 4.31 Å². The first-order chi connectivity index (χ1) is 9.21. The Kier molecular flexibility index (Phi) is 5.13. The number of anilines is 1. The Hall–Kier alpha value is -1.60. The number of benzene rings is 1. The van der Waals surface area contributed by atoms with Crippen LogP contribution in [0.2, 0.25) is 0 Å². The second-order valence-corrected chi connectivity index (χ2v) is 6.64. The molecule has 0 fully saturated rings. The lowest BCUT2D eigenvalue weighted by Gasteiger charge is -2.20. The molecule has 0 radical (unpaired) electrons. The molecule has 0 saturated heterocycles. The van der Waals surface area contributed by atoms with Gasteiger partial charge in [-0.25, -0.2) is 8.42 Å². The fourth-order valence-corrected chi connectivity index (χ4v) is 3.36. The van der Waals surface area contributed by atoms with Crippen LogP contribution >= 0.6 is 0 Å². The minimum atomic E-state index is -3.79. The predicted molar refractivity (Wildman–Crippen MR) is 78.8 cm³/mol. The molecule has 20 heavy (non-hydrogen) atoms. The van der Waals surface area contributed by atoms with Crippen LogP contribution in [-0.4, -0.2) is 38.8 Å². The van der Waals surface area contributed by atoms with Crippen molar-refractivity contribution in [1.82, 2.24) is 9.62 Å². The summed E-state index contributed by atoms with van der Waals surface area (Å²) >= 11 is 0. The van der Waals surface area contributed by atoms with Gasteiger partial charge in [0.2, 0.25) is 15.9 Å². The van der Waals surface area contributed by atoms with Crippen LogP contribution in [-0.2, 0) is 14.8 Å². The summed E-state index contributed by atoms with van der Waals surface area (Å²) in [6.45, 7) is 5.43. The second-order valence-electron chi connectivity index (χ2n) is 4.66. The molecule has 0 heterocycles. The third kappa shape index (κ3) is 3.29. The number of amides is 1. The molecule has 7 heteroatoms. The molecule has 0 unspecified atom stereocenters. The molecule has 0 bridgehead atoms. The van der Waals surface area contributed by atoms with Crippen LogP contribution < -0.4 is 11.1 Å². The van der Waals surface area contributed by atoms with E-state index in [1.807, 2.05) is 0 Å². The molecule has 3 N–H and O–H groups in total. The monoisotopic (exact) mass is 299 g/mol.